The minimum absolute atomic E-state index is 0.774. The first-order chi connectivity index (χ1) is 9.33. The van der Waals surface area contributed by atoms with E-state index >= 15 is 0 Å². The zero-order valence-corrected chi connectivity index (χ0v) is 11.1. The van der Waals surface area contributed by atoms with Crippen molar-refractivity contribution in [3.63, 3.8) is 0 Å². The molecule has 0 aliphatic heterocycles. The number of pyridine rings is 1. The van der Waals surface area contributed by atoms with Gasteiger partial charge in [-0.3, -0.25) is 0 Å². The van der Waals surface area contributed by atoms with Gasteiger partial charge < -0.3 is 10.3 Å². The number of hydrogen-bond donors (Lipinski definition) is 2. The first-order valence-electron chi connectivity index (χ1n) is 6.19. The summed E-state index contributed by atoms with van der Waals surface area (Å²) in [5, 5.41) is 5.36. The summed E-state index contributed by atoms with van der Waals surface area (Å²) in [6, 6.07) is 11.9. The Kier molecular flexibility index (Phi) is 3.49. The lowest BCUT2D eigenvalue weighted by atomic mass is 10.2. The van der Waals surface area contributed by atoms with Crippen LogP contribution >= 0.6 is 11.6 Å². The molecule has 0 fully saturated rings. The highest BCUT2D eigenvalue weighted by Crippen LogP contribution is 2.15. The first kappa shape index (κ1) is 12.2. The summed E-state index contributed by atoms with van der Waals surface area (Å²) in [7, 11) is 0. The monoisotopic (exact) mass is 271 g/mol. The van der Waals surface area contributed by atoms with E-state index in [-0.39, 0.29) is 0 Å². The summed E-state index contributed by atoms with van der Waals surface area (Å²) in [5.41, 5.74) is 3.35. The lowest BCUT2D eigenvalue weighted by molar-refractivity contribution is 0.696. The maximum Gasteiger partial charge on any atom is 0.137 e. The molecular weight excluding hydrogens is 258 g/mol. The van der Waals surface area contributed by atoms with Gasteiger partial charge in [0.25, 0.3) is 0 Å². The van der Waals surface area contributed by atoms with Crippen LogP contribution in [0.1, 0.15) is 11.1 Å². The highest BCUT2D eigenvalue weighted by Gasteiger charge is 2.03. The molecule has 2 aromatic heterocycles. The fourth-order valence-corrected chi connectivity index (χ4v) is 2.36. The van der Waals surface area contributed by atoms with Gasteiger partial charge in [-0.1, -0.05) is 23.7 Å². The molecule has 0 aliphatic carbocycles. The second-order valence-electron chi connectivity index (χ2n) is 4.45. The van der Waals surface area contributed by atoms with Crippen LogP contribution in [0.25, 0.3) is 11.0 Å². The largest absolute Gasteiger partial charge is 0.346 e. The number of aromatic nitrogens is 2. The fraction of sp³-hybridized carbons (Fsp3) is 0.133. The highest BCUT2D eigenvalue weighted by molar-refractivity contribution is 6.30. The molecule has 0 amide bonds. The van der Waals surface area contributed by atoms with Gasteiger partial charge in [0.05, 0.1) is 0 Å². The molecule has 0 saturated heterocycles. The topological polar surface area (TPSA) is 40.7 Å². The molecular formula is C15H14ClN3. The second kappa shape index (κ2) is 5.43. The normalized spacial score (nSPS) is 11.0. The van der Waals surface area contributed by atoms with Crippen LogP contribution in [-0.2, 0) is 13.1 Å². The molecule has 1 aromatic carbocycles. The molecule has 3 nitrogen and oxygen atoms in total. The number of rotatable bonds is 4. The minimum Gasteiger partial charge on any atom is -0.346 e. The molecule has 0 bridgehead atoms. The average Bonchev–Trinajstić information content (AvgIpc) is 2.83. The number of benzene rings is 1. The SMILES string of the molecule is Clc1cccc(CNCc2c[nH]c3ncccc23)c1. The van der Waals surface area contributed by atoms with Gasteiger partial charge in [0, 0.05) is 35.9 Å². The second-order valence-corrected chi connectivity index (χ2v) is 4.88. The van der Waals surface area contributed by atoms with Crippen LogP contribution in [0.5, 0.6) is 0 Å². The summed E-state index contributed by atoms with van der Waals surface area (Å²) in [5.74, 6) is 0. The molecule has 0 radical (unpaired) electrons. The van der Waals surface area contributed by atoms with Crippen LogP contribution < -0.4 is 5.32 Å². The Morgan fingerprint density at radius 3 is 3.00 bits per heavy atom. The summed E-state index contributed by atoms with van der Waals surface area (Å²) in [6.07, 6.45) is 3.80. The standard InChI is InChI=1S/C15H14ClN3/c16-13-4-1-3-11(7-13)8-17-9-12-10-19-15-14(12)5-2-6-18-15/h1-7,10,17H,8-9H2,(H,18,19). The Morgan fingerprint density at radius 1 is 1.16 bits per heavy atom. The summed E-state index contributed by atoms with van der Waals surface area (Å²) >= 11 is 5.96. The van der Waals surface area contributed by atoms with Gasteiger partial charge in [0.15, 0.2) is 0 Å². The number of halogens is 1. The van der Waals surface area contributed by atoms with Crippen molar-refractivity contribution in [2.45, 2.75) is 13.1 Å². The van der Waals surface area contributed by atoms with E-state index in [1.165, 1.54) is 16.5 Å². The van der Waals surface area contributed by atoms with Crippen molar-refractivity contribution >= 4 is 22.6 Å². The van der Waals surface area contributed by atoms with Gasteiger partial charge in [0.1, 0.15) is 5.65 Å². The Bertz CT molecular complexity index is 690. The number of fused-ring (bicyclic) bond motifs is 1. The maximum atomic E-state index is 5.96. The zero-order chi connectivity index (χ0) is 13.1. The molecule has 19 heavy (non-hydrogen) atoms. The number of H-pyrrole nitrogens is 1. The highest BCUT2D eigenvalue weighted by atomic mass is 35.5. The van der Waals surface area contributed by atoms with Gasteiger partial charge in [-0.15, -0.1) is 0 Å². The Balaban J connectivity index is 1.66. The molecule has 0 unspecified atom stereocenters. The molecule has 0 spiro atoms. The van der Waals surface area contributed by atoms with E-state index in [1.807, 2.05) is 30.5 Å². The Morgan fingerprint density at radius 2 is 2.11 bits per heavy atom. The molecule has 0 saturated carbocycles. The zero-order valence-electron chi connectivity index (χ0n) is 10.4. The van der Waals surface area contributed by atoms with Gasteiger partial charge in [-0.25, -0.2) is 4.98 Å². The van der Waals surface area contributed by atoms with Crippen LogP contribution in [0.4, 0.5) is 0 Å². The molecule has 0 atom stereocenters. The number of hydrogen-bond acceptors (Lipinski definition) is 2. The van der Waals surface area contributed by atoms with Crippen molar-refractivity contribution in [3.05, 3.63) is 64.9 Å². The van der Waals surface area contributed by atoms with Crippen molar-refractivity contribution in [1.29, 1.82) is 0 Å². The van der Waals surface area contributed by atoms with Crippen LogP contribution in [0.2, 0.25) is 5.02 Å². The first-order valence-corrected chi connectivity index (χ1v) is 6.57. The van der Waals surface area contributed by atoms with Crippen molar-refractivity contribution in [2.24, 2.45) is 0 Å². The lowest BCUT2D eigenvalue weighted by Gasteiger charge is -2.04. The minimum atomic E-state index is 0.774. The Hall–Kier alpha value is -1.84. The smallest absolute Gasteiger partial charge is 0.137 e. The molecule has 0 aliphatic rings. The number of aromatic amines is 1. The predicted octanol–water partition coefficient (Wildman–Crippen LogP) is 3.51. The van der Waals surface area contributed by atoms with E-state index in [0.717, 1.165) is 23.8 Å². The van der Waals surface area contributed by atoms with Crippen LogP contribution in [-0.4, -0.2) is 9.97 Å². The third-order valence-corrected chi connectivity index (χ3v) is 3.31. The Labute approximate surface area is 116 Å². The lowest BCUT2D eigenvalue weighted by Crippen LogP contribution is -2.12. The van der Waals surface area contributed by atoms with E-state index in [9.17, 15) is 0 Å². The summed E-state index contributed by atoms with van der Waals surface area (Å²) < 4.78 is 0. The van der Waals surface area contributed by atoms with E-state index in [2.05, 4.69) is 27.4 Å². The van der Waals surface area contributed by atoms with Crippen LogP contribution in [0.15, 0.2) is 48.8 Å². The third-order valence-electron chi connectivity index (χ3n) is 3.07. The fourth-order valence-electron chi connectivity index (χ4n) is 2.15. The molecule has 3 rings (SSSR count). The van der Waals surface area contributed by atoms with Crippen LogP contribution in [0.3, 0.4) is 0 Å². The third kappa shape index (κ3) is 2.78. The van der Waals surface area contributed by atoms with Crippen LogP contribution in [0, 0.1) is 0 Å². The van der Waals surface area contributed by atoms with Gasteiger partial charge in [-0.2, -0.15) is 0 Å². The predicted molar refractivity (Wildman–Crippen MR) is 78.1 cm³/mol. The van der Waals surface area contributed by atoms with Crippen molar-refractivity contribution in [2.75, 3.05) is 0 Å². The average molecular weight is 272 g/mol. The molecule has 2 N–H and O–H groups in total. The van der Waals surface area contributed by atoms with Crippen molar-refractivity contribution in [3.8, 4) is 0 Å². The van der Waals surface area contributed by atoms with Gasteiger partial charge >= 0.3 is 0 Å². The molecule has 3 aromatic rings. The molecule has 4 heteroatoms. The van der Waals surface area contributed by atoms with Gasteiger partial charge in [-0.05, 0) is 35.4 Å². The van der Waals surface area contributed by atoms with Gasteiger partial charge in [0.2, 0.25) is 0 Å². The van der Waals surface area contributed by atoms with E-state index < -0.39 is 0 Å². The molecule has 2 heterocycles. The van der Waals surface area contributed by atoms with E-state index in [0.29, 0.717) is 0 Å². The molecule has 96 valence electrons. The van der Waals surface area contributed by atoms with Crippen molar-refractivity contribution in [1.82, 2.24) is 15.3 Å². The quantitative estimate of drug-likeness (QED) is 0.762. The van der Waals surface area contributed by atoms with E-state index in [1.54, 1.807) is 6.20 Å². The van der Waals surface area contributed by atoms with Crippen molar-refractivity contribution < 1.29 is 0 Å². The van der Waals surface area contributed by atoms with E-state index in [4.69, 9.17) is 11.6 Å². The number of nitrogens with one attached hydrogen (secondary N) is 2. The maximum absolute atomic E-state index is 5.96. The number of nitrogens with zero attached hydrogens (tertiary/aromatic N) is 1. The summed E-state index contributed by atoms with van der Waals surface area (Å²) in [4.78, 5) is 7.45. The summed E-state index contributed by atoms with van der Waals surface area (Å²) in [6.45, 7) is 1.60.